The van der Waals surface area contributed by atoms with Gasteiger partial charge in [-0.1, -0.05) is 12.5 Å². The van der Waals surface area contributed by atoms with Crippen molar-refractivity contribution in [2.24, 2.45) is 0 Å². The summed E-state index contributed by atoms with van der Waals surface area (Å²) in [5, 5.41) is 4.84. The Hall–Kier alpha value is -4.89. The summed E-state index contributed by atoms with van der Waals surface area (Å²) in [6.07, 6.45) is 1.65. The molecule has 0 bridgehead atoms. The van der Waals surface area contributed by atoms with Gasteiger partial charge in [0.05, 0.1) is 82.7 Å². The minimum absolute atomic E-state index is 0.00133. The third-order valence-electron chi connectivity index (χ3n) is 8.26. The number of rotatable bonds is 24. The van der Waals surface area contributed by atoms with Crippen molar-refractivity contribution in [3.63, 3.8) is 0 Å². The Morgan fingerprint density at radius 2 is 1.23 bits per heavy atom. The number of fused-ring (bicyclic) bond motifs is 1. The first-order valence-corrected chi connectivity index (χ1v) is 17.7. The SMILES string of the molecule is O=C1CCC(N2C(=O)c3cccc(NC(=O)CCCCCOCCOCCOCCOCCOCCC(=O)Oc4c(F)c(F)c(F)c(F)c4F)c3C2=O)C(=O)N1. The Morgan fingerprint density at radius 1 is 0.679 bits per heavy atom. The Labute approximate surface area is 317 Å². The van der Waals surface area contributed by atoms with Crippen LogP contribution in [0.3, 0.4) is 0 Å². The van der Waals surface area contributed by atoms with Gasteiger partial charge < -0.3 is 33.7 Å². The number of anilines is 1. The van der Waals surface area contributed by atoms with Crippen LogP contribution in [-0.2, 0) is 42.9 Å². The molecule has 1 atom stereocenters. The van der Waals surface area contributed by atoms with Gasteiger partial charge >= 0.3 is 5.97 Å². The maximum atomic E-state index is 13.6. The lowest BCUT2D eigenvalue weighted by Crippen LogP contribution is -2.54. The Balaban J connectivity index is 0.932. The average Bonchev–Trinajstić information content (AvgIpc) is 3.43. The van der Waals surface area contributed by atoms with Crippen LogP contribution in [-0.4, -0.2) is 113 Å². The number of benzene rings is 2. The van der Waals surface area contributed by atoms with Crippen LogP contribution in [0.1, 0.15) is 65.7 Å². The van der Waals surface area contributed by atoms with Crippen molar-refractivity contribution in [1.82, 2.24) is 10.2 Å². The molecule has 2 heterocycles. The van der Waals surface area contributed by atoms with E-state index in [2.05, 4.69) is 15.4 Å². The van der Waals surface area contributed by atoms with Crippen molar-refractivity contribution < 1.29 is 79.1 Å². The number of ether oxygens (including phenoxy) is 6. The molecular formula is C36H40F5N3O12. The highest BCUT2D eigenvalue weighted by molar-refractivity contribution is 6.26. The van der Waals surface area contributed by atoms with Crippen LogP contribution in [0.4, 0.5) is 27.6 Å². The van der Waals surface area contributed by atoms with Gasteiger partial charge in [0.25, 0.3) is 11.8 Å². The number of piperidine rings is 1. The van der Waals surface area contributed by atoms with E-state index in [9.17, 15) is 50.7 Å². The van der Waals surface area contributed by atoms with Crippen LogP contribution in [0.15, 0.2) is 18.2 Å². The molecule has 20 heteroatoms. The molecule has 2 aliphatic rings. The maximum Gasteiger partial charge on any atom is 0.313 e. The predicted octanol–water partition coefficient (Wildman–Crippen LogP) is 3.36. The number of nitrogens with zero attached hydrogens (tertiary/aromatic N) is 1. The van der Waals surface area contributed by atoms with Crippen molar-refractivity contribution >= 4 is 41.2 Å². The molecule has 0 saturated carbocycles. The topological polar surface area (TPSA) is 185 Å². The summed E-state index contributed by atoms with van der Waals surface area (Å²) in [5.41, 5.74) is 0.271. The summed E-state index contributed by atoms with van der Waals surface area (Å²) >= 11 is 0. The molecule has 4 rings (SSSR count). The summed E-state index contributed by atoms with van der Waals surface area (Å²) in [7, 11) is 0. The highest BCUT2D eigenvalue weighted by atomic mass is 19.2. The van der Waals surface area contributed by atoms with Crippen LogP contribution in [0.25, 0.3) is 0 Å². The number of carbonyl (C=O) groups is 6. The second-order valence-corrected chi connectivity index (χ2v) is 12.2. The summed E-state index contributed by atoms with van der Waals surface area (Å²) < 4.78 is 97.5. The van der Waals surface area contributed by atoms with Gasteiger partial charge in [-0.25, -0.2) is 13.2 Å². The summed E-state index contributed by atoms with van der Waals surface area (Å²) in [6.45, 7) is 2.22. The van der Waals surface area contributed by atoms with Gasteiger partial charge in [-0.3, -0.25) is 39.0 Å². The molecule has 306 valence electrons. The van der Waals surface area contributed by atoms with Crippen LogP contribution >= 0.6 is 0 Å². The van der Waals surface area contributed by atoms with Crippen LogP contribution in [0, 0.1) is 29.1 Å². The first-order chi connectivity index (χ1) is 26.9. The molecule has 5 amide bonds. The molecule has 1 saturated heterocycles. The number of halogens is 5. The van der Waals surface area contributed by atoms with Crippen LogP contribution in [0.2, 0.25) is 0 Å². The van der Waals surface area contributed by atoms with Crippen LogP contribution < -0.4 is 15.4 Å². The van der Waals surface area contributed by atoms with E-state index in [1.165, 1.54) is 18.2 Å². The summed E-state index contributed by atoms with van der Waals surface area (Å²) in [6, 6.07) is 3.40. The highest BCUT2D eigenvalue weighted by Crippen LogP contribution is 2.33. The van der Waals surface area contributed by atoms with Gasteiger partial charge in [0.2, 0.25) is 52.6 Å². The first kappa shape index (κ1) is 43.8. The fourth-order valence-corrected chi connectivity index (χ4v) is 5.47. The Kier molecular flexibility index (Phi) is 17.2. The molecule has 0 aromatic heterocycles. The predicted molar refractivity (Wildman–Crippen MR) is 181 cm³/mol. The number of hydrogen-bond acceptors (Lipinski definition) is 12. The minimum atomic E-state index is -2.36. The van der Waals surface area contributed by atoms with Crippen molar-refractivity contribution in [1.29, 1.82) is 0 Å². The molecule has 2 aromatic rings. The average molecular weight is 802 g/mol. The van der Waals surface area contributed by atoms with Crippen molar-refractivity contribution in [3.8, 4) is 5.75 Å². The van der Waals surface area contributed by atoms with Crippen molar-refractivity contribution in [2.75, 3.05) is 71.4 Å². The smallest absolute Gasteiger partial charge is 0.313 e. The van der Waals surface area contributed by atoms with Gasteiger partial charge in [-0.15, -0.1) is 0 Å². The number of amides is 5. The molecule has 0 spiro atoms. The van der Waals surface area contributed by atoms with E-state index in [1.807, 2.05) is 0 Å². The zero-order valence-corrected chi connectivity index (χ0v) is 30.1. The summed E-state index contributed by atoms with van der Waals surface area (Å²) in [4.78, 5) is 75.1. The Morgan fingerprint density at radius 3 is 1.82 bits per heavy atom. The summed E-state index contributed by atoms with van der Waals surface area (Å²) in [5.74, 6) is -17.1. The van der Waals surface area contributed by atoms with E-state index in [4.69, 9.17) is 23.7 Å². The highest BCUT2D eigenvalue weighted by Gasteiger charge is 2.45. The third kappa shape index (κ3) is 12.1. The molecule has 0 radical (unpaired) electrons. The number of unbranched alkanes of at least 4 members (excludes halogenated alkanes) is 2. The number of nitrogens with one attached hydrogen (secondary N) is 2. The minimum Gasteiger partial charge on any atom is -0.420 e. The zero-order chi connectivity index (χ0) is 40.6. The van der Waals surface area contributed by atoms with Crippen molar-refractivity contribution in [2.45, 2.75) is 51.0 Å². The monoisotopic (exact) mass is 801 g/mol. The Bertz CT molecular complexity index is 1740. The molecule has 15 nitrogen and oxygen atoms in total. The largest absolute Gasteiger partial charge is 0.420 e. The van der Waals surface area contributed by atoms with E-state index in [0.717, 1.165) is 4.90 Å². The molecule has 56 heavy (non-hydrogen) atoms. The number of hydrogen-bond donors (Lipinski definition) is 2. The molecule has 0 aliphatic carbocycles. The van der Waals surface area contributed by atoms with Gasteiger partial charge in [-0.2, -0.15) is 8.78 Å². The van der Waals surface area contributed by atoms with Gasteiger partial charge in [0.15, 0.2) is 0 Å². The zero-order valence-electron chi connectivity index (χ0n) is 30.1. The normalized spacial score (nSPS) is 15.3. The lowest BCUT2D eigenvalue weighted by molar-refractivity contribution is -0.137. The second kappa shape index (κ2) is 22.0. The van der Waals surface area contributed by atoms with Gasteiger partial charge in [0, 0.05) is 19.4 Å². The molecule has 2 aromatic carbocycles. The number of carbonyl (C=O) groups excluding carboxylic acids is 6. The fraction of sp³-hybridized carbons (Fsp3) is 0.500. The second-order valence-electron chi connectivity index (χ2n) is 12.2. The lowest BCUT2D eigenvalue weighted by Gasteiger charge is -2.27. The third-order valence-corrected chi connectivity index (χ3v) is 8.26. The molecule has 1 unspecified atom stereocenters. The quantitative estimate of drug-likeness (QED) is 0.0301. The number of esters is 1. The molecule has 2 N–H and O–H groups in total. The van der Waals surface area contributed by atoms with E-state index < -0.39 is 76.9 Å². The maximum absolute atomic E-state index is 13.6. The van der Waals surface area contributed by atoms with Crippen LogP contribution in [0.5, 0.6) is 5.75 Å². The number of imide groups is 2. The molecule has 2 aliphatic heterocycles. The van der Waals surface area contributed by atoms with Gasteiger partial charge in [-0.05, 0) is 31.4 Å². The molecule has 1 fully saturated rings. The fourth-order valence-electron chi connectivity index (χ4n) is 5.47. The standard InChI is InChI=1S/C36H40F5N3O12/c37-28-29(38)31(40)33(32(41)30(28)39)56-26(47)10-12-52-14-16-54-18-20-55-19-17-53-15-13-51-11-3-1-2-7-24(45)42-22-6-4-5-21-27(22)36(50)44(35(21)49)23-8-9-25(46)43-34(23)48/h4-6,23H,1-3,7-20H2,(H,42,45)(H,43,46,48). The van der Waals surface area contributed by atoms with Crippen molar-refractivity contribution in [3.05, 3.63) is 58.4 Å². The van der Waals surface area contributed by atoms with Gasteiger partial charge in [0.1, 0.15) is 6.04 Å². The lowest BCUT2D eigenvalue weighted by atomic mass is 10.0. The molecular weight excluding hydrogens is 761 g/mol. The van der Waals surface area contributed by atoms with E-state index in [1.54, 1.807) is 0 Å². The van der Waals surface area contributed by atoms with E-state index in [-0.39, 0.29) is 75.0 Å². The van der Waals surface area contributed by atoms with E-state index >= 15 is 0 Å². The first-order valence-electron chi connectivity index (χ1n) is 17.7. The van der Waals surface area contributed by atoms with E-state index in [0.29, 0.717) is 52.3 Å².